The molecule has 2 aromatic carbocycles. The number of rotatable bonds is 4. The maximum Gasteiger partial charge on any atom is 0.265 e. The van der Waals surface area contributed by atoms with E-state index in [4.69, 9.17) is 4.74 Å². The molecule has 0 aliphatic carbocycles. The predicted octanol–water partition coefficient (Wildman–Crippen LogP) is 2.61. The van der Waals surface area contributed by atoms with Crippen LogP contribution in [0.4, 0.5) is 5.69 Å². The van der Waals surface area contributed by atoms with Gasteiger partial charge in [0.15, 0.2) is 4.91 Å². The average Bonchev–Trinajstić information content (AvgIpc) is 3.15. The minimum atomic E-state index is -3.86. The van der Waals surface area contributed by atoms with Crippen molar-refractivity contribution >= 4 is 21.4 Å². The SMILES string of the molecule is COc1ccccc1CNC(=O)C1=C2CCCN2c2ccccc2S1(=O)=O. The van der Waals surface area contributed by atoms with Gasteiger partial charge in [0, 0.05) is 24.4 Å². The van der Waals surface area contributed by atoms with Gasteiger partial charge in [0.2, 0.25) is 9.84 Å². The molecule has 0 bridgehead atoms. The van der Waals surface area contributed by atoms with Crippen LogP contribution in [-0.2, 0) is 21.2 Å². The Kier molecular flexibility index (Phi) is 4.39. The molecule has 7 heteroatoms. The number of methoxy groups -OCH3 is 1. The first-order chi connectivity index (χ1) is 13.0. The van der Waals surface area contributed by atoms with Crippen molar-refractivity contribution in [3.05, 3.63) is 64.7 Å². The van der Waals surface area contributed by atoms with Crippen molar-refractivity contribution in [2.75, 3.05) is 18.6 Å². The van der Waals surface area contributed by atoms with E-state index in [1.807, 2.05) is 29.2 Å². The topological polar surface area (TPSA) is 75.7 Å². The van der Waals surface area contributed by atoms with E-state index in [9.17, 15) is 13.2 Å². The van der Waals surface area contributed by atoms with Crippen LogP contribution in [0.25, 0.3) is 0 Å². The Morgan fingerprint density at radius 3 is 2.70 bits per heavy atom. The van der Waals surface area contributed by atoms with Gasteiger partial charge in [0.05, 0.1) is 17.7 Å². The summed E-state index contributed by atoms with van der Waals surface area (Å²) >= 11 is 0. The Balaban J connectivity index is 1.69. The number of carbonyl (C=O) groups excluding carboxylic acids is 1. The number of allylic oxidation sites excluding steroid dienone is 1. The molecule has 0 spiro atoms. The smallest absolute Gasteiger partial charge is 0.265 e. The summed E-state index contributed by atoms with van der Waals surface area (Å²) in [4.78, 5) is 14.9. The lowest BCUT2D eigenvalue weighted by Gasteiger charge is -2.29. The number of nitrogens with zero attached hydrogens (tertiary/aromatic N) is 1. The van der Waals surface area contributed by atoms with Crippen molar-refractivity contribution in [2.45, 2.75) is 24.3 Å². The van der Waals surface area contributed by atoms with E-state index in [1.165, 1.54) is 0 Å². The first-order valence-electron chi connectivity index (χ1n) is 8.79. The Morgan fingerprint density at radius 1 is 1.15 bits per heavy atom. The molecule has 1 fully saturated rings. The van der Waals surface area contributed by atoms with Crippen LogP contribution in [0.3, 0.4) is 0 Å². The van der Waals surface area contributed by atoms with Gasteiger partial charge in [-0.15, -0.1) is 0 Å². The van der Waals surface area contributed by atoms with Gasteiger partial charge in [-0.05, 0) is 31.0 Å². The number of carbonyl (C=O) groups is 1. The van der Waals surface area contributed by atoms with Crippen LogP contribution in [-0.4, -0.2) is 28.0 Å². The zero-order valence-corrected chi connectivity index (χ0v) is 15.8. The molecule has 140 valence electrons. The van der Waals surface area contributed by atoms with E-state index in [-0.39, 0.29) is 16.3 Å². The molecule has 2 aliphatic heterocycles. The van der Waals surface area contributed by atoms with Gasteiger partial charge >= 0.3 is 0 Å². The number of para-hydroxylation sites is 2. The molecule has 0 atom stereocenters. The minimum Gasteiger partial charge on any atom is -0.496 e. The van der Waals surface area contributed by atoms with E-state index < -0.39 is 15.7 Å². The highest BCUT2D eigenvalue weighted by Crippen LogP contribution is 2.43. The van der Waals surface area contributed by atoms with Gasteiger partial charge in [0.25, 0.3) is 5.91 Å². The van der Waals surface area contributed by atoms with Crippen LogP contribution < -0.4 is 15.0 Å². The second kappa shape index (κ2) is 6.74. The van der Waals surface area contributed by atoms with Crippen LogP contribution in [0, 0.1) is 0 Å². The quantitative estimate of drug-likeness (QED) is 0.877. The maximum absolute atomic E-state index is 13.2. The van der Waals surface area contributed by atoms with Crippen LogP contribution in [0.1, 0.15) is 18.4 Å². The largest absolute Gasteiger partial charge is 0.496 e. The fraction of sp³-hybridized carbons (Fsp3) is 0.250. The van der Waals surface area contributed by atoms with E-state index in [2.05, 4.69) is 5.32 Å². The molecule has 2 aliphatic rings. The van der Waals surface area contributed by atoms with Crippen molar-refractivity contribution in [3.8, 4) is 5.75 Å². The highest BCUT2D eigenvalue weighted by molar-refractivity contribution is 7.96. The standard InChI is InChI=1S/C20H20N2O4S/c1-26-17-10-4-2-7-14(17)13-21-20(23)19-16-9-6-12-22(16)15-8-3-5-11-18(15)27(19,24)25/h2-5,7-8,10-11H,6,9,12-13H2,1H3,(H,21,23). The van der Waals surface area contributed by atoms with Gasteiger partial charge in [-0.2, -0.15) is 0 Å². The summed E-state index contributed by atoms with van der Waals surface area (Å²) in [6, 6.07) is 14.2. The van der Waals surface area contributed by atoms with E-state index >= 15 is 0 Å². The lowest BCUT2D eigenvalue weighted by Crippen LogP contribution is -2.35. The molecule has 0 radical (unpaired) electrons. The number of hydrogen-bond acceptors (Lipinski definition) is 5. The van der Waals surface area contributed by atoms with Gasteiger partial charge in [0.1, 0.15) is 5.75 Å². The average molecular weight is 384 g/mol. The second-order valence-electron chi connectivity index (χ2n) is 6.50. The predicted molar refractivity (Wildman–Crippen MR) is 102 cm³/mol. The van der Waals surface area contributed by atoms with Crippen molar-refractivity contribution in [3.63, 3.8) is 0 Å². The molecule has 2 aromatic rings. The monoisotopic (exact) mass is 384 g/mol. The van der Waals surface area contributed by atoms with Crippen molar-refractivity contribution in [2.24, 2.45) is 0 Å². The third-order valence-electron chi connectivity index (χ3n) is 4.94. The summed E-state index contributed by atoms with van der Waals surface area (Å²) in [5.74, 6) is 0.0760. The molecule has 0 unspecified atom stereocenters. The number of fused-ring (bicyclic) bond motifs is 3. The Morgan fingerprint density at radius 2 is 1.89 bits per heavy atom. The minimum absolute atomic E-state index is 0.131. The zero-order valence-electron chi connectivity index (χ0n) is 14.9. The van der Waals surface area contributed by atoms with Crippen LogP contribution in [0.2, 0.25) is 0 Å². The number of hydrogen-bond donors (Lipinski definition) is 1. The molecule has 0 saturated carbocycles. The summed E-state index contributed by atoms with van der Waals surface area (Å²) in [5.41, 5.74) is 2.04. The molecular formula is C20H20N2O4S. The number of nitrogens with one attached hydrogen (secondary N) is 1. The lowest BCUT2D eigenvalue weighted by molar-refractivity contribution is -0.117. The molecule has 1 saturated heterocycles. The Hall–Kier alpha value is -2.80. The molecule has 27 heavy (non-hydrogen) atoms. The second-order valence-corrected chi connectivity index (χ2v) is 8.35. The highest BCUT2D eigenvalue weighted by atomic mass is 32.2. The van der Waals surface area contributed by atoms with Gasteiger partial charge < -0.3 is 15.0 Å². The van der Waals surface area contributed by atoms with E-state index in [1.54, 1.807) is 31.4 Å². The maximum atomic E-state index is 13.2. The summed E-state index contributed by atoms with van der Waals surface area (Å²) in [5, 5.41) is 2.76. The molecule has 4 rings (SSSR count). The van der Waals surface area contributed by atoms with E-state index in [0.717, 1.165) is 12.0 Å². The first kappa shape index (κ1) is 17.6. The number of sulfone groups is 1. The number of ether oxygens (including phenoxy) is 1. The third-order valence-corrected chi connectivity index (χ3v) is 6.82. The fourth-order valence-corrected chi connectivity index (χ4v) is 5.48. The first-order valence-corrected chi connectivity index (χ1v) is 10.3. The molecule has 1 amide bonds. The summed E-state index contributed by atoms with van der Waals surface area (Å²) in [6.45, 7) is 0.905. The van der Waals surface area contributed by atoms with Crippen molar-refractivity contribution < 1.29 is 17.9 Å². The number of anilines is 1. The normalized spacial score (nSPS) is 17.3. The lowest BCUT2D eigenvalue weighted by atomic mass is 10.2. The van der Waals surface area contributed by atoms with Gasteiger partial charge in [-0.3, -0.25) is 4.79 Å². The molecule has 0 aromatic heterocycles. The third kappa shape index (κ3) is 2.88. The molecule has 2 heterocycles. The van der Waals surface area contributed by atoms with Crippen molar-refractivity contribution in [1.82, 2.24) is 5.32 Å². The van der Waals surface area contributed by atoms with Crippen molar-refractivity contribution in [1.29, 1.82) is 0 Å². The Labute approximate surface area is 158 Å². The fourth-order valence-electron chi connectivity index (χ4n) is 3.71. The molecule has 1 N–H and O–H groups in total. The van der Waals surface area contributed by atoms with Crippen LogP contribution in [0.5, 0.6) is 5.75 Å². The highest BCUT2D eigenvalue weighted by Gasteiger charge is 2.41. The Bertz CT molecular complexity index is 1040. The van der Waals surface area contributed by atoms with Gasteiger partial charge in [-0.1, -0.05) is 30.3 Å². The number of benzene rings is 2. The summed E-state index contributed by atoms with van der Waals surface area (Å²) in [7, 11) is -2.30. The van der Waals surface area contributed by atoms with Crippen LogP contribution in [0.15, 0.2) is 64.0 Å². The van der Waals surface area contributed by atoms with Crippen LogP contribution >= 0.6 is 0 Å². The zero-order chi connectivity index (χ0) is 19.0. The van der Waals surface area contributed by atoms with E-state index in [0.29, 0.717) is 30.1 Å². The molecular weight excluding hydrogens is 364 g/mol. The summed E-state index contributed by atoms with van der Waals surface area (Å²) in [6.07, 6.45) is 1.40. The van der Waals surface area contributed by atoms with Gasteiger partial charge in [-0.25, -0.2) is 8.42 Å². The molecule has 6 nitrogen and oxygen atoms in total. The summed E-state index contributed by atoms with van der Waals surface area (Å²) < 4.78 is 31.6. The number of amides is 1.